The standard InChI is InChI=1S/C23H17N3O6S/c1-12-8-17(18(26(30)31)9-13(12)2)19-7-6-16(32-19)11-20-21(27)25-23(33-20)24-15-5-3-4-14(10-15)22(28)29/h3-11H,1-2H3,(H,28,29)(H,24,25,27)/b20-11-. The fraction of sp³-hybridized carbons (Fsp3) is 0.0870. The first-order valence-corrected chi connectivity index (χ1v) is 10.5. The molecule has 1 aliphatic rings. The van der Waals surface area contributed by atoms with Gasteiger partial charge in [-0.2, -0.15) is 0 Å². The highest BCUT2D eigenvalue weighted by Gasteiger charge is 2.25. The van der Waals surface area contributed by atoms with Crippen LogP contribution < -0.4 is 5.32 Å². The van der Waals surface area contributed by atoms with Gasteiger partial charge in [0.15, 0.2) is 5.17 Å². The molecule has 1 aromatic heterocycles. The Hall–Kier alpha value is -4.18. The molecule has 4 rings (SSSR count). The Morgan fingerprint density at radius 3 is 2.67 bits per heavy atom. The van der Waals surface area contributed by atoms with Crippen molar-refractivity contribution in [2.45, 2.75) is 13.8 Å². The molecular formula is C23H17N3O6S. The lowest BCUT2D eigenvalue weighted by atomic mass is 10.0. The molecule has 10 heteroatoms. The van der Waals surface area contributed by atoms with Crippen LogP contribution in [0.1, 0.15) is 27.2 Å². The molecule has 33 heavy (non-hydrogen) atoms. The molecule has 2 heterocycles. The van der Waals surface area contributed by atoms with Gasteiger partial charge in [-0.05, 0) is 73.1 Å². The number of hydrogen-bond donors (Lipinski definition) is 2. The number of benzene rings is 2. The highest BCUT2D eigenvalue weighted by atomic mass is 32.2. The zero-order chi connectivity index (χ0) is 23.7. The molecule has 2 N–H and O–H groups in total. The first-order chi connectivity index (χ1) is 15.7. The number of nitrogens with one attached hydrogen (secondary N) is 1. The van der Waals surface area contributed by atoms with Gasteiger partial charge in [-0.3, -0.25) is 14.9 Å². The van der Waals surface area contributed by atoms with E-state index in [4.69, 9.17) is 9.52 Å². The first-order valence-electron chi connectivity index (χ1n) is 9.70. The molecule has 0 aliphatic carbocycles. The maximum atomic E-state index is 12.4. The van der Waals surface area contributed by atoms with Crippen LogP contribution in [-0.4, -0.2) is 27.1 Å². The van der Waals surface area contributed by atoms with Crippen molar-refractivity contribution < 1.29 is 24.0 Å². The third-order valence-electron chi connectivity index (χ3n) is 4.95. The molecule has 1 amide bonds. The summed E-state index contributed by atoms with van der Waals surface area (Å²) in [6.07, 6.45) is 1.52. The van der Waals surface area contributed by atoms with E-state index in [1.807, 2.05) is 6.92 Å². The van der Waals surface area contributed by atoms with Gasteiger partial charge in [-0.1, -0.05) is 6.07 Å². The molecular weight excluding hydrogens is 446 g/mol. The SMILES string of the molecule is Cc1cc(-c2ccc(/C=C3\SC(=Nc4cccc(C(=O)O)c4)NC3=O)o2)c([N+](=O)[O-])cc1C. The summed E-state index contributed by atoms with van der Waals surface area (Å²) in [6, 6.07) is 12.5. The number of aromatic carboxylic acids is 1. The lowest BCUT2D eigenvalue weighted by Gasteiger charge is -2.04. The number of nitro benzene ring substituents is 1. The van der Waals surface area contributed by atoms with Crippen LogP contribution >= 0.6 is 11.8 Å². The van der Waals surface area contributed by atoms with Gasteiger partial charge in [0.2, 0.25) is 0 Å². The number of carboxylic acids is 1. The summed E-state index contributed by atoms with van der Waals surface area (Å²) in [5.74, 6) is -0.787. The molecule has 0 bridgehead atoms. The average molecular weight is 463 g/mol. The smallest absolute Gasteiger partial charge is 0.335 e. The molecule has 9 nitrogen and oxygen atoms in total. The number of carbonyl (C=O) groups excluding carboxylic acids is 1. The largest absolute Gasteiger partial charge is 0.478 e. The van der Waals surface area contributed by atoms with Crippen LogP contribution in [0, 0.1) is 24.0 Å². The minimum Gasteiger partial charge on any atom is -0.478 e. The summed E-state index contributed by atoms with van der Waals surface area (Å²) in [6.45, 7) is 3.66. The van der Waals surface area contributed by atoms with Gasteiger partial charge in [0, 0.05) is 12.1 Å². The number of rotatable bonds is 5. The molecule has 166 valence electrons. The number of aryl methyl sites for hydroxylation is 2. The Morgan fingerprint density at radius 2 is 1.94 bits per heavy atom. The number of thioether (sulfide) groups is 1. The summed E-state index contributed by atoms with van der Waals surface area (Å²) in [5.41, 5.74) is 2.48. The number of carbonyl (C=O) groups is 2. The monoisotopic (exact) mass is 463 g/mol. The predicted octanol–water partition coefficient (Wildman–Crippen LogP) is 5.06. The van der Waals surface area contributed by atoms with Gasteiger partial charge in [0.25, 0.3) is 11.6 Å². The van der Waals surface area contributed by atoms with Gasteiger partial charge in [0.05, 0.1) is 26.6 Å². The molecule has 1 aliphatic heterocycles. The topological polar surface area (TPSA) is 135 Å². The van der Waals surface area contributed by atoms with Crippen molar-refractivity contribution >= 4 is 46.3 Å². The summed E-state index contributed by atoms with van der Waals surface area (Å²) in [4.78, 5) is 39.1. The van der Waals surface area contributed by atoms with Gasteiger partial charge in [-0.25, -0.2) is 9.79 Å². The number of amides is 1. The molecule has 3 aromatic rings. The highest BCUT2D eigenvalue weighted by molar-refractivity contribution is 8.18. The second-order valence-electron chi connectivity index (χ2n) is 7.25. The number of aliphatic imine (C=N–C) groups is 1. The highest BCUT2D eigenvalue weighted by Crippen LogP contribution is 2.35. The maximum absolute atomic E-state index is 12.4. The van der Waals surface area contributed by atoms with Crippen molar-refractivity contribution in [3.05, 3.63) is 86.0 Å². The van der Waals surface area contributed by atoms with Crippen molar-refractivity contribution in [2.24, 2.45) is 4.99 Å². The van der Waals surface area contributed by atoms with Crippen LogP contribution in [0.5, 0.6) is 0 Å². The fourth-order valence-electron chi connectivity index (χ4n) is 3.16. The molecule has 0 atom stereocenters. The molecule has 0 saturated carbocycles. The van der Waals surface area contributed by atoms with Crippen molar-refractivity contribution in [3.63, 3.8) is 0 Å². The Balaban J connectivity index is 1.60. The minimum absolute atomic E-state index is 0.0577. The van der Waals surface area contributed by atoms with Crippen LogP contribution in [0.25, 0.3) is 17.4 Å². The molecule has 1 saturated heterocycles. The minimum atomic E-state index is -1.07. The van der Waals surface area contributed by atoms with E-state index in [-0.39, 0.29) is 17.2 Å². The van der Waals surface area contributed by atoms with Gasteiger partial charge >= 0.3 is 5.97 Å². The average Bonchev–Trinajstić information content (AvgIpc) is 3.36. The van der Waals surface area contributed by atoms with E-state index < -0.39 is 10.9 Å². The van der Waals surface area contributed by atoms with E-state index in [0.29, 0.717) is 32.8 Å². The first kappa shape index (κ1) is 22.0. The zero-order valence-electron chi connectivity index (χ0n) is 17.5. The zero-order valence-corrected chi connectivity index (χ0v) is 18.3. The second-order valence-corrected chi connectivity index (χ2v) is 8.28. The van der Waals surface area contributed by atoms with E-state index in [1.165, 1.54) is 24.3 Å². The Morgan fingerprint density at radius 1 is 1.18 bits per heavy atom. The van der Waals surface area contributed by atoms with Gasteiger partial charge < -0.3 is 14.8 Å². The van der Waals surface area contributed by atoms with Crippen molar-refractivity contribution in [1.82, 2.24) is 5.32 Å². The number of nitrogens with zero attached hydrogens (tertiary/aromatic N) is 2. The third kappa shape index (κ3) is 4.70. The molecule has 0 radical (unpaired) electrons. The summed E-state index contributed by atoms with van der Waals surface area (Å²) in [7, 11) is 0. The summed E-state index contributed by atoms with van der Waals surface area (Å²) < 4.78 is 5.78. The van der Waals surface area contributed by atoms with E-state index in [2.05, 4.69) is 10.3 Å². The number of carboxylic acid groups (broad SMARTS) is 1. The fourth-order valence-corrected chi connectivity index (χ4v) is 3.98. The third-order valence-corrected chi connectivity index (χ3v) is 5.86. The van der Waals surface area contributed by atoms with Crippen LogP contribution in [0.2, 0.25) is 0 Å². The quantitative estimate of drug-likeness (QED) is 0.307. The van der Waals surface area contributed by atoms with E-state index in [9.17, 15) is 19.7 Å². The maximum Gasteiger partial charge on any atom is 0.335 e. The van der Waals surface area contributed by atoms with E-state index in [1.54, 1.807) is 37.3 Å². The summed E-state index contributed by atoms with van der Waals surface area (Å²) in [5, 5.41) is 23.5. The number of hydrogen-bond acceptors (Lipinski definition) is 7. The number of nitro groups is 1. The molecule has 0 unspecified atom stereocenters. The van der Waals surface area contributed by atoms with Crippen LogP contribution in [-0.2, 0) is 4.79 Å². The second kappa shape index (κ2) is 8.75. The lowest BCUT2D eigenvalue weighted by molar-refractivity contribution is -0.384. The number of furan rings is 1. The van der Waals surface area contributed by atoms with Crippen molar-refractivity contribution in [3.8, 4) is 11.3 Å². The lowest BCUT2D eigenvalue weighted by Crippen LogP contribution is -2.19. The predicted molar refractivity (Wildman–Crippen MR) is 124 cm³/mol. The normalized spacial score (nSPS) is 15.8. The number of amidine groups is 1. The van der Waals surface area contributed by atoms with Gasteiger partial charge in [0.1, 0.15) is 11.5 Å². The van der Waals surface area contributed by atoms with Crippen LogP contribution in [0.4, 0.5) is 11.4 Å². The van der Waals surface area contributed by atoms with Gasteiger partial charge in [-0.15, -0.1) is 0 Å². The Bertz CT molecular complexity index is 1370. The van der Waals surface area contributed by atoms with E-state index >= 15 is 0 Å². The van der Waals surface area contributed by atoms with Crippen LogP contribution in [0.3, 0.4) is 0 Å². The summed E-state index contributed by atoms with van der Waals surface area (Å²) >= 11 is 1.08. The molecule has 1 fully saturated rings. The van der Waals surface area contributed by atoms with Crippen LogP contribution in [0.15, 0.2) is 62.8 Å². The molecule has 2 aromatic carbocycles. The Kier molecular flexibility index (Phi) is 5.84. The van der Waals surface area contributed by atoms with Crippen molar-refractivity contribution in [2.75, 3.05) is 0 Å². The Labute approximate surface area is 192 Å². The van der Waals surface area contributed by atoms with E-state index in [0.717, 1.165) is 22.9 Å². The van der Waals surface area contributed by atoms with Crippen molar-refractivity contribution in [1.29, 1.82) is 0 Å². The molecule has 0 spiro atoms.